The van der Waals surface area contributed by atoms with E-state index < -0.39 is 5.97 Å². The van der Waals surface area contributed by atoms with Crippen LogP contribution in [0.4, 0.5) is 4.39 Å². The monoisotopic (exact) mass is 307 g/mol. The van der Waals surface area contributed by atoms with Crippen LogP contribution in [-0.2, 0) is 16.1 Å². The molecule has 1 saturated carbocycles. The number of hydrogen-bond acceptors (Lipinski definition) is 2. The van der Waals surface area contributed by atoms with E-state index in [1.807, 2.05) is 0 Å². The topological polar surface area (TPSA) is 57.6 Å². The van der Waals surface area contributed by atoms with E-state index in [4.69, 9.17) is 5.11 Å². The summed E-state index contributed by atoms with van der Waals surface area (Å²) in [6.07, 6.45) is 5.99. The van der Waals surface area contributed by atoms with Crippen molar-refractivity contribution in [3.8, 4) is 0 Å². The molecule has 120 valence electrons. The average molecular weight is 307 g/mol. The molecule has 1 N–H and O–H groups in total. The molecule has 0 spiro atoms. The van der Waals surface area contributed by atoms with Crippen LogP contribution < -0.4 is 0 Å². The Morgan fingerprint density at radius 2 is 1.68 bits per heavy atom. The number of aliphatic carboxylic acids is 1. The van der Waals surface area contributed by atoms with Gasteiger partial charge in [-0.2, -0.15) is 0 Å². The van der Waals surface area contributed by atoms with E-state index in [1.54, 1.807) is 12.1 Å². The van der Waals surface area contributed by atoms with Crippen LogP contribution in [0.2, 0.25) is 0 Å². The van der Waals surface area contributed by atoms with Gasteiger partial charge in [-0.3, -0.25) is 9.59 Å². The Morgan fingerprint density at radius 3 is 2.23 bits per heavy atom. The van der Waals surface area contributed by atoms with Gasteiger partial charge in [-0.15, -0.1) is 0 Å². The molecular weight excluding hydrogens is 285 g/mol. The molecule has 0 unspecified atom stereocenters. The summed E-state index contributed by atoms with van der Waals surface area (Å²) < 4.78 is 13.0. The van der Waals surface area contributed by atoms with Crippen LogP contribution in [0.5, 0.6) is 0 Å². The third kappa shape index (κ3) is 4.83. The molecule has 5 heteroatoms. The van der Waals surface area contributed by atoms with Crippen LogP contribution in [-0.4, -0.2) is 28.4 Å². The van der Waals surface area contributed by atoms with Gasteiger partial charge in [0.25, 0.3) is 0 Å². The fourth-order valence-corrected chi connectivity index (χ4v) is 2.97. The van der Waals surface area contributed by atoms with Gasteiger partial charge in [0, 0.05) is 12.5 Å². The maximum atomic E-state index is 13.0. The number of rotatable bonds is 5. The van der Waals surface area contributed by atoms with E-state index in [-0.39, 0.29) is 30.7 Å². The van der Waals surface area contributed by atoms with E-state index in [0.717, 1.165) is 44.1 Å². The molecule has 1 aromatic carbocycles. The Labute approximate surface area is 129 Å². The average Bonchev–Trinajstić information content (AvgIpc) is 2.77. The highest BCUT2D eigenvalue weighted by molar-refractivity contribution is 5.83. The summed E-state index contributed by atoms with van der Waals surface area (Å²) in [5, 5.41) is 9.05. The molecular formula is C17H22FNO3. The molecule has 0 bridgehead atoms. The van der Waals surface area contributed by atoms with Crippen molar-refractivity contribution in [2.75, 3.05) is 6.54 Å². The molecule has 0 radical (unpaired) electrons. The number of carboxylic acids is 1. The summed E-state index contributed by atoms with van der Waals surface area (Å²) in [5.74, 6) is -1.54. The Kier molecular flexibility index (Phi) is 5.92. The highest BCUT2D eigenvalue weighted by atomic mass is 19.1. The van der Waals surface area contributed by atoms with Gasteiger partial charge in [0.1, 0.15) is 12.4 Å². The molecule has 0 heterocycles. The maximum Gasteiger partial charge on any atom is 0.323 e. The fourth-order valence-electron chi connectivity index (χ4n) is 2.97. The molecule has 4 nitrogen and oxygen atoms in total. The predicted octanol–water partition coefficient (Wildman–Crippen LogP) is 3.21. The number of hydrogen-bond donors (Lipinski definition) is 1. The van der Waals surface area contributed by atoms with Gasteiger partial charge < -0.3 is 10.0 Å². The molecule has 1 fully saturated rings. The SMILES string of the molecule is O=C(O)CN(Cc1ccc(F)cc1)C(=O)C1CCCCCC1. The second kappa shape index (κ2) is 7.92. The third-order valence-corrected chi connectivity index (χ3v) is 4.13. The Balaban J connectivity index is 2.08. The van der Waals surface area contributed by atoms with Gasteiger partial charge in [0.2, 0.25) is 5.91 Å². The number of carbonyl (C=O) groups excluding carboxylic acids is 1. The summed E-state index contributed by atoms with van der Waals surface area (Å²) >= 11 is 0. The molecule has 0 aromatic heterocycles. The lowest BCUT2D eigenvalue weighted by atomic mass is 9.98. The van der Waals surface area contributed by atoms with Gasteiger partial charge in [-0.05, 0) is 30.5 Å². The Hall–Kier alpha value is -1.91. The van der Waals surface area contributed by atoms with Gasteiger partial charge in [0.15, 0.2) is 0 Å². The normalized spacial score (nSPS) is 16.0. The van der Waals surface area contributed by atoms with Crippen molar-refractivity contribution in [1.82, 2.24) is 4.90 Å². The lowest BCUT2D eigenvalue weighted by molar-refractivity contribution is -0.147. The Morgan fingerprint density at radius 1 is 1.09 bits per heavy atom. The first kappa shape index (κ1) is 16.5. The number of benzene rings is 1. The molecule has 0 atom stereocenters. The summed E-state index contributed by atoms with van der Waals surface area (Å²) in [7, 11) is 0. The number of amides is 1. The molecule has 2 rings (SSSR count). The van der Waals surface area contributed by atoms with Crippen LogP contribution in [0.15, 0.2) is 24.3 Å². The first-order valence-corrected chi connectivity index (χ1v) is 7.81. The minimum Gasteiger partial charge on any atom is -0.480 e. The molecule has 1 amide bonds. The van der Waals surface area contributed by atoms with Crippen LogP contribution in [0.1, 0.15) is 44.1 Å². The van der Waals surface area contributed by atoms with Crippen molar-refractivity contribution in [1.29, 1.82) is 0 Å². The van der Waals surface area contributed by atoms with Crippen molar-refractivity contribution in [2.45, 2.75) is 45.1 Å². The van der Waals surface area contributed by atoms with Crippen LogP contribution in [0.3, 0.4) is 0 Å². The number of carboxylic acid groups (broad SMARTS) is 1. The zero-order valence-electron chi connectivity index (χ0n) is 12.6. The number of nitrogens with zero attached hydrogens (tertiary/aromatic N) is 1. The summed E-state index contributed by atoms with van der Waals surface area (Å²) in [6.45, 7) is -0.103. The van der Waals surface area contributed by atoms with Crippen molar-refractivity contribution in [3.63, 3.8) is 0 Å². The van der Waals surface area contributed by atoms with E-state index >= 15 is 0 Å². The van der Waals surface area contributed by atoms with Crippen molar-refractivity contribution in [2.24, 2.45) is 5.92 Å². The molecule has 0 aliphatic heterocycles. The molecule has 1 aromatic rings. The van der Waals surface area contributed by atoms with Crippen molar-refractivity contribution in [3.05, 3.63) is 35.6 Å². The second-order valence-corrected chi connectivity index (χ2v) is 5.90. The summed E-state index contributed by atoms with van der Waals surface area (Å²) in [5.41, 5.74) is 0.740. The van der Waals surface area contributed by atoms with Crippen molar-refractivity contribution < 1.29 is 19.1 Å². The maximum absolute atomic E-state index is 13.0. The molecule has 22 heavy (non-hydrogen) atoms. The number of carbonyl (C=O) groups is 2. The minimum atomic E-state index is -1.02. The van der Waals surface area contributed by atoms with E-state index in [2.05, 4.69) is 0 Å². The lowest BCUT2D eigenvalue weighted by Gasteiger charge is -2.25. The minimum absolute atomic E-state index is 0.0812. The third-order valence-electron chi connectivity index (χ3n) is 4.13. The predicted molar refractivity (Wildman–Crippen MR) is 80.6 cm³/mol. The van der Waals surface area contributed by atoms with E-state index in [9.17, 15) is 14.0 Å². The van der Waals surface area contributed by atoms with Crippen molar-refractivity contribution >= 4 is 11.9 Å². The van der Waals surface area contributed by atoms with Crippen LogP contribution in [0.25, 0.3) is 0 Å². The van der Waals surface area contributed by atoms with E-state index in [1.165, 1.54) is 17.0 Å². The van der Waals surface area contributed by atoms with Gasteiger partial charge in [0.05, 0.1) is 0 Å². The molecule has 0 saturated heterocycles. The number of halogens is 1. The van der Waals surface area contributed by atoms with E-state index in [0.29, 0.717) is 0 Å². The highest BCUT2D eigenvalue weighted by Crippen LogP contribution is 2.25. The largest absolute Gasteiger partial charge is 0.480 e. The fraction of sp³-hybridized carbons (Fsp3) is 0.529. The summed E-state index contributed by atoms with van der Waals surface area (Å²) in [6, 6.07) is 5.82. The first-order chi connectivity index (χ1) is 10.6. The lowest BCUT2D eigenvalue weighted by Crippen LogP contribution is -2.39. The van der Waals surface area contributed by atoms with Crippen LogP contribution >= 0.6 is 0 Å². The zero-order valence-corrected chi connectivity index (χ0v) is 12.6. The highest BCUT2D eigenvalue weighted by Gasteiger charge is 2.26. The quantitative estimate of drug-likeness (QED) is 0.850. The van der Waals surface area contributed by atoms with Gasteiger partial charge >= 0.3 is 5.97 Å². The summed E-state index contributed by atoms with van der Waals surface area (Å²) in [4.78, 5) is 25.1. The molecule has 1 aliphatic carbocycles. The first-order valence-electron chi connectivity index (χ1n) is 7.81. The van der Waals surface area contributed by atoms with Gasteiger partial charge in [-0.1, -0.05) is 37.8 Å². The zero-order chi connectivity index (χ0) is 15.9. The van der Waals surface area contributed by atoms with Crippen LogP contribution in [0, 0.1) is 11.7 Å². The second-order valence-electron chi connectivity index (χ2n) is 5.90. The standard InChI is InChI=1S/C17H22FNO3/c18-15-9-7-13(8-10-15)11-19(12-16(20)21)17(22)14-5-3-1-2-4-6-14/h7-10,14H,1-6,11-12H2,(H,20,21). The van der Waals surface area contributed by atoms with Gasteiger partial charge in [-0.25, -0.2) is 4.39 Å². The molecule has 1 aliphatic rings. The smallest absolute Gasteiger partial charge is 0.323 e. The Bertz CT molecular complexity index is 507.